The summed E-state index contributed by atoms with van der Waals surface area (Å²) in [4.78, 5) is 17.2. The van der Waals surface area contributed by atoms with Crippen LogP contribution < -0.4 is 0 Å². The maximum absolute atomic E-state index is 12.3. The lowest BCUT2D eigenvalue weighted by atomic mass is 10.0. The average molecular weight is 276 g/mol. The molecule has 1 N–H and O–H groups in total. The molecule has 19 heavy (non-hydrogen) atoms. The van der Waals surface area contributed by atoms with Crippen molar-refractivity contribution in [2.75, 3.05) is 0 Å². The zero-order valence-corrected chi connectivity index (χ0v) is 11.4. The van der Waals surface area contributed by atoms with Crippen LogP contribution in [0.15, 0.2) is 29.9 Å². The highest BCUT2D eigenvalue weighted by Gasteiger charge is 2.32. The first-order valence-corrected chi connectivity index (χ1v) is 7.38. The summed E-state index contributed by atoms with van der Waals surface area (Å²) < 4.78 is 1.79. The van der Waals surface area contributed by atoms with Gasteiger partial charge in [0.15, 0.2) is 5.82 Å². The maximum atomic E-state index is 12.3. The van der Waals surface area contributed by atoms with E-state index < -0.39 is 5.60 Å². The van der Waals surface area contributed by atoms with E-state index in [1.807, 2.05) is 11.4 Å². The third-order valence-corrected chi connectivity index (χ3v) is 4.53. The quantitative estimate of drug-likeness (QED) is 0.873. The van der Waals surface area contributed by atoms with Crippen LogP contribution in [0.25, 0.3) is 0 Å². The minimum absolute atomic E-state index is 0.0680. The predicted octanol–water partition coefficient (Wildman–Crippen LogP) is 2.48. The van der Waals surface area contributed by atoms with Crippen LogP contribution in [0.1, 0.15) is 41.2 Å². The van der Waals surface area contributed by atoms with Crippen LogP contribution in [0.3, 0.4) is 0 Å². The third kappa shape index (κ3) is 2.48. The van der Waals surface area contributed by atoms with Crippen LogP contribution >= 0.6 is 11.3 Å². The van der Waals surface area contributed by atoms with Gasteiger partial charge in [0.25, 0.3) is 0 Å². The van der Waals surface area contributed by atoms with Crippen molar-refractivity contribution >= 4 is 17.1 Å². The summed E-state index contributed by atoms with van der Waals surface area (Å²) in [7, 11) is 0. The Kier molecular flexibility index (Phi) is 3.24. The van der Waals surface area contributed by atoms with Gasteiger partial charge in [0.05, 0.1) is 17.0 Å². The second kappa shape index (κ2) is 4.90. The summed E-state index contributed by atoms with van der Waals surface area (Å²) in [5.41, 5.74) is -0.675. The molecule has 1 fully saturated rings. The van der Waals surface area contributed by atoms with E-state index >= 15 is 0 Å². The molecule has 1 saturated carbocycles. The fraction of sp³-hybridized carbons (Fsp3) is 0.429. The first-order chi connectivity index (χ1) is 9.18. The second-order valence-electron chi connectivity index (χ2n) is 5.12. The van der Waals surface area contributed by atoms with Gasteiger partial charge >= 0.3 is 0 Å². The number of thiophene rings is 1. The highest BCUT2D eigenvalue weighted by Crippen LogP contribution is 2.31. The third-order valence-electron chi connectivity index (χ3n) is 3.66. The van der Waals surface area contributed by atoms with Gasteiger partial charge in [0, 0.05) is 12.4 Å². The summed E-state index contributed by atoms with van der Waals surface area (Å²) >= 11 is 1.41. The van der Waals surface area contributed by atoms with E-state index in [1.165, 1.54) is 11.3 Å². The van der Waals surface area contributed by atoms with Crippen molar-refractivity contribution in [1.82, 2.24) is 9.55 Å². The van der Waals surface area contributed by atoms with Crippen molar-refractivity contribution in [1.29, 1.82) is 0 Å². The van der Waals surface area contributed by atoms with E-state index in [1.54, 1.807) is 23.0 Å². The average Bonchev–Trinajstić information content (AvgIpc) is 3.09. The summed E-state index contributed by atoms with van der Waals surface area (Å²) in [5.74, 6) is 0.351. The minimum Gasteiger partial charge on any atom is -0.388 e. The zero-order valence-electron chi connectivity index (χ0n) is 10.6. The van der Waals surface area contributed by atoms with Gasteiger partial charge in [-0.25, -0.2) is 4.98 Å². The van der Waals surface area contributed by atoms with Gasteiger partial charge in [-0.15, -0.1) is 11.3 Å². The van der Waals surface area contributed by atoms with E-state index in [-0.39, 0.29) is 5.78 Å². The summed E-state index contributed by atoms with van der Waals surface area (Å²) in [5, 5.41) is 12.3. The maximum Gasteiger partial charge on any atom is 0.238 e. The number of aromatic nitrogens is 2. The van der Waals surface area contributed by atoms with Gasteiger partial charge in [-0.1, -0.05) is 18.9 Å². The normalized spacial score (nSPS) is 17.7. The number of hydrogen-bond donors (Lipinski definition) is 1. The molecule has 0 radical (unpaired) electrons. The topological polar surface area (TPSA) is 55.1 Å². The van der Waals surface area contributed by atoms with Gasteiger partial charge in [-0.3, -0.25) is 4.79 Å². The number of imidazole rings is 1. The van der Waals surface area contributed by atoms with E-state index in [4.69, 9.17) is 0 Å². The molecule has 5 heteroatoms. The lowest BCUT2D eigenvalue weighted by molar-refractivity contribution is 0.0293. The number of ketones is 1. The van der Waals surface area contributed by atoms with Crippen LogP contribution in [0.2, 0.25) is 0 Å². The largest absolute Gasteiger partial charge is 0.388 e. The van der Waals surface area contributed by atoms with E-state index in [0.29, 0.717) is 17.2 Å². The van der Waals surface area contributed by atoms with Gasteiger partial charge in [-0.2, -0.15) is 0 Å². The van der Waals surface area contributed by atoms with E-state index in [0.717, 1.165) is 25.7 Å². The lowest BCUT2D eigenvalue weighted by Gasteiger charge is -2.23. The van der Waals surface area contributed by atoms with Gasteiger partial charge in [0.2, 0.25) is 5.78 Å². The summed E-state index contributed by atoms with van der Waals surface area (Å²) in [6, 6.07) is 3.66. The molecule has 3 rings (SSSR count). The first-order valence-electron chi connectivity index (χ1n) is 6.50. The van der Waals surface area contributed by atoms with Crippen molar-refractivity contribution in [3.63, 3.8) is 0 Å². The van der Waals surface area contributed by atoms with E-state index in [2.05, 4.69) is 4.98 Å². The number of hydrogen-bond acceptors (Lipinski definition) is 4. The Balaban J connectivity index is 1.84. The van der Waals surface area contributed by atoms with Gasteiger partial charge in [0.1, 0.15) is 0 Å². The Labute approximate surface area is 115 Å². The highest BCUT2D eigenvalue weighted by atomic mass is 32.1. The SMILES string of the molecule is O=C(c1cccs1)c1nccn1CC1(O)CCCC1. The summed E-state index contributed by atoms with van der Waals surface area (Å²) in [6.07, 6.45) is 7.12. The van der Waals surface area contributed by atoms with Crippen molar-refractivity contribution in [3.8, 4) is 0 Å². The Hall–Kier alpha value is -1.46. The van der Waals surface area contributed by atoms with Crippen molar-refractivity contribution in [2.24, 2.45) is 0 Å². The molecule has 0 amide bonds. The second-order valence-corrected chi connectivity index (χ2v) is 6.06. The molecule has 0 atom stereocenters. The molecule has 0 aromatic carbocycles. The van der Waals surface area contributed by atoms with Crippen molar-refractivity contribution in [3.05, 3.63) is 40.6 Å². The zero-order chi connectivity index (χ0) is 13.3. The van der Waals surface area contributed by atoms with Crippen molar-refractivity contribution < 1.29 is 9.90 Å². The molecule has 2 heterocycles. The number of carbonyl (C=O) groups is 1. The molecule has 0 aliphatic heterocycles. The first kappa shape index (κ1) is 12.6. The Morgan fingerprint density at radius 3 is 2.95 bits per heavy atom. The Morgan fingerprint density at radius 1 is 1.47 bits per heavy atom. The Morgan fingerprint density at radius 2 is 2.26 bits per heavy atom. The smallest absolute Gasteiger partial charge is 0.238 e. The van der Waals surface area contributed by atoms with Crippen LogP contribution in [0.5, 0.6) is 0 Å². The van der Waals surface area contributed by atoms with E-state index in [9.17, 15) is 9.90 Å². The number of carbonyl (C=O) groups excluding carboxylic acids is 1. The van der Waals surface area contributed by atoms with Crippen LogP contribution in [0.4, 0.5) is 0 Å². The molecule has 0 bridgehead atoms. The lowest BCUT2D eigenvalue weighted by Crippen LogP contribution is -2.31. The number of aliphatic hydroxyl groups is 1. The van der Waals surface area contributed by atoms with Crippen LogP contribution in [-0.4, -0.2) is 26.0 Å². The van der Waals surface area contributed by atoms with Gasteiger partial charge < -0.3 is 9.67 Å². The van der Waals surface area contributed by atoms with Crippen LogP contribution in [-0.2, 0) is 6.54 Å². The molecule has 2 aromatic heterocycles. The minimum atomic E-state index is -0.675. The molecule has 0 saturated heterocycles. The number of nitrogens with zero attached hydrogens (tertiary/aromatic N) is 2. The molecular weight excluding hydrogens is 260 g/mol. The predicted molar refractivity (Wildman–Crippen MR) is 73.4 cm³/mol. The fourth-order valence-corrected chi connectivity index (χ4v) is 3.33. The highest BCUT2D eigenvalue weighted by molar-refractivity contribution is 7.12. The van der Waals surface area contributed by atoms with Gasteiger partial charge in [-0.05, 0) is 24.3 Å². The molecular formula is C14H16N2O2S. The van der Waals surface area contributed by atoms with Crippen LogP contribution in [0, 0.1) is 0 Å². The monoisotopic (exact) mass is 276 g/mol. The molecule has 1 aliphatic carbocycles. The molecule has 0 spiro atoms. The summed E-state index contributed by atoms with van der Waals surface area (Å²) in [6.45, 7) is 0.458. The number of rotatable bonds is 4. The van der Waals surface area contributed by atoms with Crippen molar-refractivity contribution in [2.45, 2.75) is 37.8 Å². The standard InChI is InChI=1S/C14H16N2O2S/c17-12(11-4-3-9-19-11)13-15-7-8-16(13)10-14(18)5-1-2-6-14/h3-4,7-9,18H,1-2,5-6,10H2. The fourth-order valence-electron chi connectivity index (χ4n) is 2.67. The molecule has 2 aromatic rings. The molecule has 100 valence electrons. The molecule has 4 nitrogen and oxygen atoms in total. The Bertz CT molecular complexity index is 568. The molecule has 1 aliphatic rings. The molecule has 0 unspecified atom stereocenters.